The molecule has 0 amide bonds. The normalized spacial score (nSPS) is 13.1. The van der Waals surface area contributed by atoms with Crippen molar-refractivity contribution in [2.45, 2.75) is 6.04 Å². The van der Waals surface area contributed by atoms with Crippen molar-refractivity contribution in [3.63, 3.8) is 0 Å². The van der Waals surface area contributed by atoms with Gasteiger partial charge in [0.25, 0.3) is 0 Å². The van der Waals surface area contributed by atoms with Crippen LogP contribution >= 0.6 is 11.8 Å². The molecule has 0 aliphatic heterocycles. The van der Waals surface area contributed by atoms with Gasteiger partial charge in [-0.3, -0.25) is 0 Å². The maximum absolute atomic E-state index is 6.08. The molecular formula is C12H20N2S. The minimum Gasteiger partial charge on any atom is -0.323 e. The van der Waals surface area contributed by atoms with Crippen LogP contribution in [0, 0.1) is 0 Å². The first-order valence-electron chi connectivity index (χ1n) is 5.23. The average molecular weight is 224 g/mol. The highest BCUT2D eigenvalue weighted by Gasteiger charge is 2.04. The number of benzene rings is 1. The number of nitrogens with zero attached hydrogens (tertiary/aromatic N) is 1. The predicted octanol–water partition coefficient (Wildman–Crippen LogP) is 1.98. The molecule has 15 heavy (non-hydrogen) atoms. The number of thioether (sulfide) groups is 1. The molecule has 1 atom stereocenters. The third-order valence-electron chi connectivity index (χ3n) is 2.21. The molecule has 0 bridgehead atoms. The molecule has 0 spiro atoms. The average Bonchev–Trinajstić information content (AvgIpc) is 2.25. The van der Waals surface area contributed by atoms with Crippen LogP contribution < -0.4 is 5.73 Å². The third kappa shape index (κ3) is 5.21. The Morgan fingerprint density at radius 2 is 1.93 bits per heavy atom. The Balaban J connectivity index is 2.22. The smallest absolute Gasteiger partial charge is 0.0386 e. The topological polar surface area (TPSA) is 29.3 Å². The fourth-order valence-electron chi connectivity index (χ4n) is 1.25. The van der Waals surface area contributed by atoms with Gasteiger partial charge in [0.05, 0.1) is 0 Å². The van der Waals surface area contributed by atoms with Crippen LogP contribution in [0.25, 0.3) is 0 Å². The summed E-state index contributed by atoms with van der Waals surface area (Å²) in [5.41, 5.74) is 7.31. The summed E-state index contributed by atoms with van der Waals surface area (Å²) in [6, 6.07) is 10.5. The van der Waals surface area contributed by atoms with Gasteiger partial charge in [0.2, 0.25) is 0 Å². The van der Waals surface area contributed by atoms with E-state index in [0.717, 1.165) is 18.1 Å². The summed E-state index contributed by atoms with van der Waals surface area (Å²) in [6.45, 7) is 1.12. The standard InChI is InChI=1S/C12H20N2S/c1-14(2)8-9-15-10-12(13)11-6-4-3-5-7-11/h3-7,12H,8-10,13H2,1-2H3. The lowest BCUT2D eigenvalue weighted by molar-refractivity contribution is 0.437. The molecule has 84 valence electrons. The minimum absolute atomic E-state index is 0.165. The number of hydrogen-bond donors (Lipinski definition) is 1. The fraction of sp³-hybridized carbons (Fsp3) is 0.500. The van der Waals surface area contributed by atoms with Gasteiger partial charge in [-0.1, -0.05) is 30.3 Å². The maximum Gasteiger partial charge on any atom is 0.0386 e. The molecule has 0 saturated carbocycles. The Kier molecular flexibility index (Phi) is 5.76. The molecule has 0 aromatic heterocycles. The van der Waals surface area contributed by atoms with Crippen molar-refractivity contribution >= 4 is 11.8 Å². The van der Waals surface area contributed by atoms with Gasteiger partial charge in [-0.15, -0.1) is 0 Å². The first-order chi connectivity index (χ1) is 7.20. The largest absolute Gasteiger partial charge is 0.323 e. The van der Waals surface area contributed by atoms with E-state index in [-0.39, 0.29) is 6.04 Å². The molecule has 0 fully saturated rings. The molecule has 1 unspecified atom stereocenters. The van der Waals surface area contributed by atoms with E-state index in [4.69, 9.17) is 5.73 Å². The van der Waals surface area contributed by atoms with Crippen LogP contribution in [0.5, 0.6) is 0 Å². The summed E-state index contributed by atoms with van der Waals surface area (Å²) in [7, 11) is 4.19. The second-order valence-corrected chi connectivity index (χ2v) is 5.05. The van der Waals surface area contributed by atoms with Crippen molar-refractivity contribution in [1.29, 1.82) is 0 Å². The Morgan fingerprint density at radius 3 is 2.53 bits per heavy atom. The first kappa shape index (κ1) is 12.6. The predicted molar refractivity (Wildman–Crippen MR) is 69.2 cm³/mol. The zero-order chi connectivity index (χ0) is 11.1. The van der Waals surface area contributed by atoms with E-state index in [9.17, 15) is 0 Å². The van der Waals surface area contributed by atoms with Crippen LogP contribution in [0.3, 0.4) is 0 Å². The molecule has 1 aromatic rings. The molecule has 2 nitrogen and oxygen atoms in total. The lowest BCUT2D eigenvalue weighted by Gasteiger charge is -2.13. The summed E-state index contributed by atoms with van der Waals surface area (Å²) in [6.07, 6.45) is 0. The number of rotatable bonds is 6. The van der Waals surface area contributed by atoms with Crippen LogP contribution in [0.4, 0.5) is 0 Å². The van der Waals surface area contributed by atoms with Crippen molar-refractivity contribution < 1.29 is 0 Å². The maximum atomic E-state index is 6.08. The molecule has 3 heteroatoms. The molecular weight excluding hydrogens is 204 g/mol. The summed E-state index contributed by atoms with van der Waals surface area (Å²) in [4.78, 5) is 2.20. The van der Waals surface area contributed by atoms with Gasteiger partial charge in [-0.2, -0.15) is 11.8 Å². The minimum atomic E-state index is 0.165. The van der Waals surface area contributed by atoms with Crippen LogP contribution in [0.2, 0.25) is 0 Å². The van der Waals surface area contributed by atoms with Crippen molar-refractivity contribution in [2.24, 2.45) is 5.73 Å². The summed E-state index contributed by atoms with van der Waals surface area (Å²) in [5.74, 6) is 2.14. The Bertz CT molecular complexity index is 262. The summed E-state index contributed by atoms with van der Waals surface area (Å²) in [5, 5.41) is 0. The number of nitrogens with two attached hydrogens (primary N) is 1. The highest BCUT2D eigenvalue weighted by molar-refractivity contribution is 7.99. The van der Waals surface area contributed by atoms with Crippen molar-refractivity contribution in [3.05, 3.63) is 35.9 Å². The van der Waals surface area contributed by atoms with E-state index < -0.39 is 0 Å². The van der Waals surface area contributed by atoms with E-state index >= 15 is 0 Å². The van der Waals surface area contributed by atoms with Gasteiger partial charge < -0.3 is 10.6 Å². The van der Waals surface area contributed by atoms with Gasteiger partial charge in [0.1, 0.15) is 0 Å². The summed E-state index contributed by atoms with van der Waals surface area (Å²) < 4.78 is 0. The molecule has 0 radical (unpaired) electrons. The molecule has 2 N–H and O–H groups in total. The highest BCUT2D eigenvalue weighted by atomic mass is 32.2. The third-order valence-corrected chi connectivity index (χ3v) is 3.27. The number of hydrogen-bond acceptors (Lipinski definition) is 3. The Hall–Kier alpha value is -0.510. The second-order valence-electron chi connectivity index (χ2n) is 3.90. The first-order valence-corrected chi connectivity index (χ1v) is 6.38. The van der Waals surface area contributed by atoms with E-state index in [1.54, 1.807) is 0 Å². The monoisotopic (exact) mass is 224 g/mol. The van der Waals surface area contributed by atoms with Crippen LogP contribution in [-0.2, 0) is 0 Å². The van der Waals surface area contributed by atoms with Crippen LogP contribution in [-0.4, -0.2) is 37.0 Å². The Morgan fingerprint density at radius 1 is 1.27 bits per heavy atom. The van der Waals surface area contributed by atoms with Gasteiger partial charge in [-0.25, -0.2) is 0 Å². The fourth-order valence-corrected chi connectivity index (χ4v) is 2.36. The molecule has 0 aliphatic carbocycles. The zero-order valence-electron chi connectivity index (χ0n) is 9.52. The molecule has 1 rings (SSSR count). The van der Waals surface area contributed by atoms with Crippen molar-refractivity contribution in [1.82, 2.24) is 4.90 Å². The lowest BCUT2D eigenvalue weighted by Crippen LogP contribution is -2.17. The van der Waals surface area contributed by atoms with Crippen molar-refractivity contribution in [2.75, 3.05) is 32.1 Å². The molecule has 1 aromatic carbocycles. The van der Waals surface area contributed by atoms with E-state index in [2.05, 4.69) is 31.1 Å². The van der Waals surface area contributed by atoms with Crippen LogP contribution in [0.15, 0.2) is 30.3 Å². The lowest BCUT2D eigenvalue weighted by atomic mass is 10.1. The van der Waals surface area contributed by atoms with Crippen LogP contribution in [0.1, 0.15) is 11.6 Å². The quantitative estimate of drug-likeness (QED) is 0.749. The van der Waals surface area contributed by atoms with Gasteiger partial charge in [0.15, 0.2) is 0 Å². The van der Waals surface area contributed by atoms with Gasteiger partial charge >= 0.3 is 0 Å². The van der Waals surface area contributed by atoms with E-state index in [1.165, 1.54) is 5.56 Å². The molecule has 0 heterocycles. The zero-order valence-corrected chi connectivity index (χ0v) is 10.3. The Labute approximate surface area is 96.8 Å². The highest BCUT2D eigenvalue weighted by Crippen LogP contribution is 2.15. The van der Waals surface area contributed by atoms with E-state index in [1.807, 2.05) is 30.0 Å². The second kappa shape index (κ2) is 6.88. The SMILES string of the molecule is CN(C)CCSCC(N)c1ccccc1. The van der Waals surface area contributed by atoms with Gasteiger partial charge in [0, 0.05) is 24.1 Å². The van der Waals surface area contributed by atoms with Crippen molar-refractivity contribution in [3.8, 4) is 0 Å². The van der Waals surface area contributed by atoms with E-state index in [0.29, 0.717) is 0 Å². The van der Waals surface area contributed by atoms with Gasteiger partial charge in [-0.05, 0) is 19.7 Å². The molecule has 0 saturated heterocycles. The molecule has 0 aliphatic rings. The summed E-state index contributed by atoms with van der Waals surface area (Å²) >= 11 is 1.92.